The van der Waals surface area contributed by atoms with Crippen molar-refractivity contribution < 1.29 is 9.13 Å². The van der Waals surface area contributed by atoms with Gasteiger partial charge in [-0.25, -0.2) is 4.39 Å². The van der Waals surface area contributed by atoms with Crippen LogP contribution in [0.1, 0.15) is 31.9 Å². The number of halogens is 1. The second-order valence-electron chi connectivity index (χ2n) is 5.22. The second-order valence-corrected chi connectivity index (χ2v) is 5.22. The standard InChI is InChI=1S/C15H25FN2O/c1-7-15(2,18(4)5)14(17-3)11-8-9-13(19-6)12(16)10-11/h8-10,14,17H,7H2,1-6H3. The molecule has 0 saturated heterocycles. The zero-order valence-electron chi connectivity index (χ0n) is 12.7. The number of likely N-dealkylation sites (N-methyl/N-ethyl adjacent to an activating group) is 2. The molecule has 1 aromatic rings. The molecule has 0 amide bonds. The van der Waals surface area contributed by atoms with Crippen LogP contribution in [0.3, 0.4) is 0 Å². The monoisotopic (exact) mass is 268 g/mol. The van der Waals surface area contributed by atoms with Crippen LogP contribution in [0.4, 0.5) is 4.39 Å². The first-order valence-electron chi connectivity index (χ1n) is 6.58. The molecule has 0 radical (unpaired) electrons. The van der Waals surface area contributed by atoms with E-state index in [1.165, 1.54) is 7.11 Å². The number of hydrogen-bond acceptors (Lipinski definition) is 3. The van der Waals surface area contributed by atoms with Gasteiger partial charge in [0.2, 0.25) is 0 Å². The molecule has 2 atom stereocenters. The van der Waals surface area contributed by atoms with Crippen LogP contribution in [-0.2, 0) is 0 Å². The molecule has 3 nitrogen and oxygen atoms in total. The summed E-state index contributed by atoms with van der Waals surface area (Å²) in [6, 6.07) is 5.20. The van der Waals surface area contributed by atoms with Crippen molar-refractivity contribution in [3.05, 3.63) is 29.6 Å². The topological polar surface area (TPSA) is 24.5 Å². The number of rotatable bonds is 6. The normalized spacial score (nSPS) is 16.2. The molecule has 4 heteroatoms. The van der Waals surface area contributed by atoms with E-state index < -0.39 is 0 Å². The first-order valence-corrected chi connectivity index (χ1v) is 6.58. The van der Waals surface area contributed by atoms with Gasteiger partial charge in [0.1, 0.15) is 0 Å². The Morgan fingerprint density at radius 3 is 2.42 bits per heavy atom. The number of ether oxygens (including phenoxy) is 1. The Morgan fingerprint density at radius 1 is 1.42 bits per heavy atom. The molecule has 0 bridgehead atoms. The first kappa shape index (κ1) is 15.9. The van der Waals surface area contributed by atoms with Gasteiger partial charge in [-0.1, -0.05) is 13.0 Å². The summed E-state index contributed by atoms with van der Waals surface area (Å²) in [6.07, 6.45) is 0.957. The van der Waals surface area contributed by atoms with Gasteiger partial charge in [-0.05, 0) is 52.2 Å². The van der Waals surface area contributed by atoms with Crippen molar-refractivity contribution in [3.63, 3.8) is 0 Å². The zero-order valence-corrected chi connectivity index (χ0v) is 12.7. The van der Waals surface area contributed by atoms with Crippen LogP contribution in [0, 0.1) is 5.82 Å². The Bertz CT molecular complexity index is 423. The second kappa shape index (κ2) is 6.35. The van der Waals surface area contributed by atoms with Crippen LogP contribution in [0.15, 0.2) is 18.2 Å². The quantitative estimate of drug-likeness (QED) is 0.858. The van der Waals surface area contributed by atoms with Crippen LogP contribution in [0.2, 0.25) is 0 Å². The summed E-state index contributed by atoms with van der Waals surface area (Å²) in [7, 11) is 7.48. The van der Waals surface area contributed by atoms with Gasteiger partial charge in [0, 0.05) is 5.54 Å². The van der Waals surface area contributed by atoms with Crippen LogP contribution in [0.25, 0.3) is 0 Å². The van der Waals surface area contributed by atoms with Gasteiger partial charge in [-0.3, -0.25) is 0 Å². The zero-order chi connectivity index (χ0) is 14.6. The molecule has 1 rings (SSSR count). The Morgan fingerprint density at radius 2 is 2.05 bits per heavy atom. The van der Waals surface area contributed by atoms with Gasteiger partial charge in [0.05, 0.1) is 13.2 Å². The van der Waals surface area contributed by atoms with Crippen LogP contribution < -0.4 is 10.1 Å². The van der Waals surface area contributed by atoms with E-state index >= 15 is 0 Å². The molecule has 108 valence electrons. The maximum Gasteiger partial charge on any atom is 0.165 e. The predicted octanol–water partition coefficient (Wildman–Crippen LogP) is 2.83. The highest BCUT2D eigenvalue weighted by molar-refractivity contribution is 5.32. The minimum absolute atomic E-state index is 0.0490. The molecule has 2 unspecified atom stereocenters. The number of methoxy groups -OCH3 is 1. The molecular formula is C15H25FN2O. The Hall–Kier alpha value is -1.13. The third-order valence-electron chi connectivity index (χ3n) is 4.16. The van der Waals surface area contributed by atoms with Crippen molar-refractivity contribution in [2.75, 3.05) is 28.3 Å². The maximum atomic E-state index is 13.9. The Balaban J connectivity index is 3.20. The molecule has 0 fully saturated rings. The molecule has 1 N–H and O–H groups in total. The number of nitrogens with zero attached hydrogens (tertiary/aromatic N) is 1. The summed E-state index contributed by atoms with van der Waals surface area (Å²) in [5.41, 5.74) is 0.842. The molecule has 1 aromatic carbocycles. The Kier molecular flexibility index (Phi) is 5.32. The minimum atomic E-state index is -0.322. The largest absolute Gasteiger partial charge is 0.494 e. The van der Waals surface area contributed by atoms with Gasteiger partial charge in [0.25, 0.3) is 0 Å². The maximum absolute atomic E-state index is 13.9. The molecule has 19 heavy (non-hydrogen) atoms. The fourth-order valence-corrected chi connectivity index (χ4v) is 2.48. The molecule has 0 saturated carbocycles. The van der Waals surface area contributed by atoms with Crippen LogP contribution in [-0.4, -0.2) is 38.7 Å². The van der Waals surface area contributed by atoms with E-state index in [0.29, 0.717) is 0 Å². The predicted molar refractivity (Wildman–Crippen MR) is 77.1 cm³/mol. The van der Waals surface area contributed by atoms with E-state index in [0.717, 1.165) is 12.0 Å². The Labute approximate surface area is 115 Å². The average molecular weight is 268 g/mol. The van der Waals surface area contributed by atoms with Gasteiger partial charge < -0.3 is 15.0 Å². The third-order valence-corrected chi connectivity index (χ3v) is 4.16. The van der Waals surface area contributed by atoms with E-state index in [2.05, 4.69) is 24.1 Å². The average Bonchev–Trinajstić information content (AvgIpc) is 2.39. The van der Waals surface area contributed by atoms with Crippen LogP contribution >= 0.6 is 0 Å². The van der Waals surface area contributed by atoms with Crippen molar-refractivity contribution >= 4 is 0 Å². The SMILES string of the molecule is CCC(C)(C(NC)c1ccc(OC)c(F)c1)N(C)C. The van der Waals surface area contributed by atoms with Gasteiger partial charge in [-0.2, -0.15) is 0 Å². The smallest absolute Gasteiger partial charge is 0.165 e. The fourth-order valence-electron chi connectivity index (χ4n) is 2.48. The summed E-state index contributed by atoms with van der Waals surface area (Å²) in [4.78, 5) is 2.18. The van der Waals surface area contributed by atoms with E-state index in [1.54, 1.807) is 12.1 Å². The third kappa shape index (κ3) is 3.07. The lowest BCUT2D eigenvalue weighted by Gasteiger charge is -2.43. The van der Waals surface area contributed by atoms with E-state index in [9.17, 15) is 4.39 Å². The van der Waals surface area contributed by atoms with E-state index in [1.807, 2.05) is 27.2 Å². The number of benzene rings is 1. The number of nitrogens with one attached hydrogen (secondary N) is 1. The summed E-state index contributed by atoms with van der Waals surface area (Å²) >= 11 is 0. The van der Waals surface area contributed by atoms with Crippen molar-refractivity contribution in [1.82, 2.24) is 10.2 Å². The molecule has 0 aliphatic carbocycles. The van der Waals surface area contributed by atoms with E-state index in [4.69, 9.17) is 4.74 Å². The lowest BCUT2D eigenvalue weighted by atomic mass is 9.83. The molecule has 0 spiro atoms. The van der Waals surface area contributed by atoms with E-state index in [-0.39, 0.29) is 23.1 Å². The van der Waals surface area contributed by atoms with Gasteiger partial charge in [-0.15, -0.1) is 0 Å². The number of hydrogen-bond donors (Lipinski definition) is 1. The van der Waals surface area contributed by atoms with Crippen molar-refractivity contribution in [2.24, 2.45) is 0 Å². The van der Waals surface area contributed by atoms with Gasteiger partial charge >= 0.3 is 0 Å². The highest BCUT2D eigenvalue weighted by atomic mass is 19.1. The molecule has 0 aromatic heterocycles. The van der Waals surface area contributed by atoms with Gasteiger partial charge in [0.15, 0.2) is 11.6 Å². The summed E-state index contributed by atoms with van der Waals surface area (Å²) in [5.74, 6) is -0.0425. The lowest BCUT2D eigenvalue weighted by Crippen LogP contribution is -2.50. The summed E-state index contributed by atoms with van der Waals surface area (Å²) < 4.78 is 18.8. The summed E-state index contributed by atoms with van der Waals surface area (Å²) in [5, 5.41) is 3.31. The van der Waals surface area contributed by atoms with Crippen molar-refractivity contribution in [2.45, 2.75) is 31.8 Å². The minimum Gasteiger partial charge on any atom is -0.494 e. The molecule has 0 aliphatic heterocycles. The molecular weight excluding hydrogens is 243 g/mol. The highest BCUT2D eigenvalue weighted by Crippen LogP contribution is 2.34. The van der Waals surface area contributed by atoms with Crippen LogP contribution in [0.5, 0.6) is 5.75 Å². The highest BCUT2D eigenvalue weighted by Gasteiger charge is 2.35. The molecule has 0 heterocycles. The fraction of sp³-hybridized carbons (Fsp3) is 0.600. The first-order chi connectivity index (χ1) is 8.90. The molecule has 0 aliphatic rings. The lowest BCUT2D eigenvalue weighted by molar-refractivity contribution is 0.117. The van der Waals surface area contributed by atoms with Crippen molar-refractivity contribution in [1.29, 1.82) is 0 Å². The van der Waals surface area contributed by atoms with Crippen molar-refractivity contribution in [3.8, 4) is 5.75 Å². The summed E-state index contributed by atoms with van der Waals surface area (Å²) in [6.45, 7) is 4.32.